The predicted molar refractivity (Wildman–Crippen MR) is 109 cm³/mol. The molecule has 1 aromatic heterocycles. The van der Waals surface area contributed by atoms with Crippen LogP contribution in [-0.2, 0) is 13.0 Å². The van der Waals surface area contributed by atoms with E-state index in [4.69, 9.17) is 0 Å². The molecule has 3 rings (SSSR count). The van der Waals surface area contributed by atoms with E-state index in [1.807, 2.05) is 43.3 Å². The number of anilines is 2. The van der Waals surface area contributed by atoms with E-state index in [0.717, 1.165) is 24.6 Å². The highest BCUT2D eigenvalue weighted by atomic mass is 19.1. The van der Waals surface area contributed by atoms with Gasteiger partial charge in [0.1, 0.15) is 11.6 Å². The van der Waals surface area contributed by atoms with Gasteiger partial charge in [0.25, 0.3) is 0 Å². The van der Waals surface area contributed by atoms with Crippen LogP contribution in [0.1, 0.15) is 23.7 Å². The monoisotopic (exact) mass is 364 g/mol. The molecule has 0 saturated heterocycles. The highest BCUT2D eigenvalue weighted by molar-refractivity contribution is 5.44. The van der Waals surface area contributed by atoms with Gasteiger partial charge in [-0.3, -0.25) is 0 Å². The van der Waals surface area contributed by atoms with E-state index >= 15 is 0 Å². The molecule has 0 atom stereocenters. The number of hydrogen-bond acceptors (Lipinski definition) is 4. The first-order valence-electron chi connectivity index (χ1n) is 9.27. The minimum atomic E-state index is -0.168. The van der Waals surface area contributed by atoms with Crippen molar-refractivity contribution in [2.75, 3.05) is 23.3 Å². The largest absolute Gasteiger partial charge is 0.370 e. The van der Waals surface area contributed by atoms with Crippen LogP contribution in [-0.4, -0.2) is 23.1 Å². The number of nitrogens with one attached hydrogen (secondary N) is 1. The number of halogens is 1. The predicted octanol–water partition coefficient (Wildman–Crippen LogP) is 4.61. The van der Waals surface area contributed by atoms with Gasteiger partial charge in [-0.25, -0.2) is 9.37 Å². The summed E-state index contributed by atoms with van der Waals surface area (Å²) in [6.07, 6.45) is 0.604. The minimum absolute atomic E-state index is 0.168. The Bertz CT molecular complexity index is 867. The maximum atomic E-state index is 13.7. The molecule has 4 nitrogen and oxygen atoms in total. The highest BCUT2D eigenvalue weighted by Crippen LogP contribution is 2.17. The van der Waals surface area contributed by atoms with Crippen molar-refractivity contribution in [2.24, 2.45) is 0 Å². The first kappa shape index (κ1) is 18.8. The van der Waals surface area contributed by atoms with Gasteiger partial charge in [0.05, 0.1) is 0 Å². The van der Waals surface area contributed by atoms with Crippen LogP contribution in [0.25, 0.3) is 0 Å². The number of hydrogen-bond donors (Lipinski definition) is 1. The van der Waals surface area contributed by atoms with Gasteiger partial charge in [0, 0.05) is 31.4 Å². The lowest BCUT2D eigenvalue weighted by atomic mass is 10.1. The second-order valence-corrected chi connectivity index (χ2v) is 6.46. The fourth-order valence-corrected chi connectivity index (χ4v) is 2.94. The van der Waals surface area contributed by atoms with Gasteiger partial charge in [-0.05, 0) is 37.5 Å². The molecule has 1 heterocycles. The molecule has 0 amide bonds. The van der Waals surface area contributed by atoms with Crippen molar-refractivity contribution in [1.82, 2.24) is 9.97 Å². The molecule has 5 heteroatoms. The standard InChI is InChI=1S/C22H25FN4/c1-3-27(16-18-9-5-4-6-10-18)22-25-17(2)15-21(26-22)24-14-13-19-11-7-8-12-20(19)23/h4-12,15H,3,13-14,16H2,1-2H3,(H,24,25,26). The first-order chi connectivity index (χ1) is 13.2. The Hall–Kier alpha value is -2.95. The zero-order chi connectivity index (χ0) is 19.1. The van der Waals surface area contributed by atoms with E-state index in [0.29, 0.717) is 24.5 Å². The SMILES string of the molecule is CCN(Cc1ccccc1)c1nc(C)cc(NCCc2ccccc2F)n1. The van der Waals surface area contributed by atoms with Crippen molar-refractivity contribution in [3.63, 3.8) is 0 Å². The number of benzene rings is 2. The molecule has 1 N–H and O–H groups in total. The van der Waals surface area contributed by atoms with Gasteiger partial charge in [-0.1, -0.05) is 48.5 Å². The van der Waals surface area contributed by atoms with E-state index in [1.165, 1.54) is 11.6 Å². The average Bonchev–Trinajstić information content (AvgIpc) is 2.68. The van der Waals surface area contributed by atoms with Crippen LogP contribution >= 0.6 is 0 Å². The molecule has 140 valence electrons. The summed E-state index contributed by atoms with van der Waals surface area (Å²) < 4.78 is 13.7. The van der Waals surface area contributed by atoms with E-state index in [9.17, 15) is 4.39 Å². The van der Waals surface area contributed by atoms with E-state index in [2.05, 4.69) is 39.2 Å². The third-order valence-corrected chi connectivity index (χ3v) is 4.38. The van der Waals surface area contributed by atoms with Crippen LogP contribution in [0.4, 0.5) is 16.2 Å². The van der Waals surface area contributed by atoms with E-state index in [-0.39, 0.29) is 5.82 Å². The van der Waals surface area contributed by atoms with Crippen molar-refractivity contribution >= 4 is 11.8 Å². The molecule has 2 aromatic carbocycles. The van der Waals surface area contributed by atoms with Crippen molar-refractivity contribution in [3.8, 4) is 0 Å². The second-order valence-electron chi connectivity index (χ2n) is 6.46. The van der Waals surface area contributed by atoms with Crippen LogP contribution in [0.2, 0.25) is 0 Å². The molecule has 0 fully saturated rings. The van der Waals surface area contributed by atoms with E-state index < -0.39 is 0 Å². The topological polar surface area (TPSA) is 41.1 Å². The van der Waals surface area contributed by atoms with Crippen molar-refractivity contribution < 1.29 is 4.39 Å². The summed E-state index contributed by atoms with van der Waals surface area (Å²) in [5.41, 5.74) is 2.83. The van der Waals surface area contributed by atoms with Gasteiger partial charge in [0.15, 0.2) is 0 Å². The molecule has 3 aromatic rings. The molecule has 0 radical (unpaired) electrons. The van der Waals surface area contributed by atoms with Crippen LogP contribution in [0.5, 0.6) is 0 Å². The average molecular weight is 364 g/mol. The maximum absolute atomic E-state index is 13.7. The Morgan fingerprint density at radius 2 is 1.74 bits per heavy atom. The summed E-state index contributed by atoms with van der Waals surface area (Å²) in [6, 6.07) is 19.1. The third kappa shape index (κ3) is 5.26. The molecule has 0 saturated carbocycles. The fourth-order valence-electron chi connectivity index (χ4n) is 2.94. The minimum Gasteiger partial charge on any atom is -0.370 e. The summed E-state index contributed by atoms with van der Waals surface area (Å²) in [5.74, 6) is 1.30. The lowest BCUT2D eigenvalue weighted by Crippen LogP contribution is -2.25. The zero-order valence-corrected chi connectivity index (χ0v) is 15.8. The molecule has 0 bridgehead atoms. The molecule has 0 aliphatic rings. The van der Waals surface area contributed by atoms with E-state index in [1.54, 1.807) is 6.07 Å². The Morgan fingerprint density at radius 1 is 1.00 bits per heavy atom. The molecular weight excluding hydrogens is 339 g/mol. The zero-order valence-electron chi connectivity index (χ0n) is 15.8. The van der Waals surface area contributed by atoms with Crippen molar-refractivity contribution in [3.05, 3.63) is 83.3 Å². The Labute approximate surface area is 160 Å². The summed E-state index contributed by atoms with van der Waals surface area (Å²) >= 11 is 0. The van der Waals surface area contributed by atoms with Gasteiger partial charge < -0.3 is 10.2 Å². The molecule has 0 unspecified atom stereocenters. The Morgan fingerprint density at radius 3 is 2.48 bits per heavy atom. The number of nitrogens with zero attached hydrogens (tertiary/aromatic N) is 3. The Kier molecular flexibility index (Phi) is 6.36. The molecule has 0 aliphatic carbocycles. The Balaban J connectivity index is 1.68. The number of aromatic nitrogens is 2. The molecule has 0 aliphatic heterocycles. The summed E-state index contributed by atoms with van der Waals surface area (Å²) in [7, 11) is 0. The summed E-state index contributed by atoms with van der Waals surface area (Å²) in [5, 5.41) is 3.30. The number of aryl methyl sites for hydroxylation is 1. The first-order valence-corrected chi connectivity index (χ1v) is 9.27. The quantitative estimate of drug-likeness (QED) is 0.634. The second kappa shape index (κ2) is 9.12. The number of rotatable bonds is 8. The molecule has 27 heavy (non-hydrogen) atoms. The third-order valence-electron chi connectivity index (χ3n) is 4.38. The summed E-state index contributed by atoms with van der Waals surface area (Å²) in [6.45, 7) is 6.24. The van der Waals surface area contributed by atoms with Crippen LogP contribution in [0.15, 0.2) is 60.7 Å². The van der Waals surface area contributed by atoms with Gasteiger partial charge in [-0.2, -0.15) is 4.98 Å². The highest BCUT2D eigenvalue weighted by Gasteiger charge is 2.11. The van der Waals surface area contributed by atoms with Crippen LogP contribution in [0.3, 0.4) is 0 Å². The lowest BCUT2D eigenvalue weighted by molar-refractivity contribution is 0.610. The van der Waals surface area contributed by atoms with Crippen molar-refractivity contribution in [2.45, 2.75) is 26.8 Å². The van der Waals surface area contributed by atoms with Crippen LogP contribution < -0.4 is 10.2 Å². The van der Waals surface area contributed by atoms with Crippen molar-refractivity contribution in [1.29, 1.82) is 0 Å². The van der Waals surface area contributed by atoms with Gasteiger partial charge in [0.2, 0.25) is 5.95 Å². The fraction of sp³-hybridized carbons (Fsp3) is 0.273. The van der Waals surface area contributed by atoms with Gasteiger partial charge >= 0.3 is 0 Å². The lowest BCUT2D eigenvalue weighted by Gasteiger charge is -2.22. The smallest absolute Gasteiger partial charge is 0.227 e. The molecular formula is C22H25FN4. The molecule has 0 spiro atoms. The summed E-state index contributed by atoms with van der Waals surface area (Å²) in [4.78, 5) is 11.4. The van der Waals surface area contributed by atoms with Crippen LogP contribution in [0, 0.1) is 12.7 Å². The van der Waals surface area contributed by atoms with Gasteiger partial charge in [-0.15, -0.1) is 0 Å². The normalized spacial score (nSPS) is 10.6. The maximum Gasteiger partial charge on any atom is 0.227 e.